The minimum atomic E-state index is -1.40. The molecule has 0 saturated heterocycles. The molecule has 9 heteroatoms. The van der Waals surface area contributed by atoms with Crippen LogP contribution in [0.5, 0.6) is 11.5 Å². The molecule has 0 heterocycles. The van der Waals surface area contributed by atoms with Crippen molar-refractivity contribution in [3.05, 3.63) is 58.7 Å². The molecule has 0 bridgehead atoms. The highest BCUT2D eigenvalue weighted by molar-refractivity contribution is 9.08. The summed E-state index contributed by atoms with van der Waals surface area (Å²) in [5, 5.41) is -0.123. The van der Waals surface area contributed by atoms with E-state index >= 15 is 0 Å². The van der Waals surface area contributed by atoms with Crippen molar-refractivity contribution >= 4 is 38.0 Å². The van der Waals surface area contributed by atoms with E-state index in [2.05, 4.69) is 41.3 Å². The lowest BCUT2D eigenvalue weighted by Crippen LogP contribution is -2.15. The number of rotatable bonds is 4. The zero-order valence-corrected chi connectivity index (χ0v) is 14.9. The highest BCUT2D eigenvalue weighted by Gasteiger charge is 2.16. The van der Waals surface area contributed by atoms with Gasteiger partial charge in [0, 0.05) is 46.1 Å². The van der Waals surface area contributed by atoms with Gasteiger partial charge in [0.25, 0.3) is 0 Å². The SMILES string of the molecule is O=C(Oc1cc(F)c(CBr)c(F)c1)Oc1cc(F)c(CBr)c(F)c1. The second-order valence-corrected chi connectivity index (χ2v) is 5.57. The van der Waals surface area contributed by atoms with Crippen LogP contribution >= 0.6 is 31.9 Å². The van der Waals surface area contributed by atoms with Crippen LogP contribution in [0.25, 0.3) is 0 Å². The number of hydrogen-bond acceptors (Lipinski definition) is 3. The van der Waals surface area contributed by atoms with Crippen molar-refractivity contribution in [2.45, 2.75) is 10.7 Å². The largest absolute Gasteiger partial charge is 0.519 e. The van der Waals surface area contributed by atoms with Gasteiger partial charge in [0.15, 0.2) is 0 Å². The second kappa shape index (κ2) is 7.98. The first kappa shape index (κ1) is 18.7. The van der Waals surface area contributed by atoms with Crippen LogP contribution in [-0.4, -0.2) is 6.16 Å². The lowest BCUT2D eigenvalue weighted by molar-refractivity contribution is 0.151. The molecule has 0 aliphatic heterocycles. The van der Waals surface area contributed by atoms with E-state index in [9.17, 15) is 22.4 Å². The number of halogens is 6. The fourth-order valence-electron chi connectivity index (χ4n) is 1.75. The summed E-state index contributed by atoms with van der Waals surface area (Å²) in [5.74, 6) is -4.58. The van der Waals surface area contributed by atoms with Crippen LogP contribution in [0.2, 0.25) is 0 Å². The van der Waals surface area contributed by atoms with Gasteiger partial charge in [0.2, 0.25) is 0 Å². The van der Waals surface area contributed by atoms with Gasteiger partial charge in [0.05, 0.1) is 0 Å². The summed E-state index contributed by atoms with van der Waals surface area (Å²) in [4.78, 5) is 11.6. The molecular formula is C15H8Br2F4O3. The van der Waals surface area contributed by atoms with Gasteiger partial charge in [-0.15, -0.1) is 0 Å². The smallest absolute Gasteiger partial charge is 0.394 e. The van der Waals surface area contributed by atoms with Gasteiger partial charge in [0.1, 0.15) is 34.8 Å². The monoisotopic (exact) mass is 470 g/mol. The summed E-state index contributed by atoms with van der Waals surface area (Å²) >= 11 is 5.83. The van der Waals surface area contributed by atoms with E-state index in [0.717, 1.165) is 24.3 Å². The zero-order valence-electron chi connectivity index (χ0n) is 11.7. The van der Waals surface area contributed by atoms with Gasteiger partial charge in [-0.05, 0) is 0 Å². The van der Waals surface area contributed by atoms with Crippen LogP contribution in [0.3, 0.4) is 0 Å². The summed E-state index contributed by atoms with van der Waals surface area (Å²) in [6, 6.07) is 3.15. The zero-order chi connectivity index (χ0) is 17.9. The Balaban J connectivity index is 2.14. The first-order valence-corrected chi connectivity index (χ1v) is 8.57. The Labute approximate surface area is 150 Å². The fraction of sp³-hybridized carbons (Fsp3) is 0.133. The van der Waals surface area contributed by atoms with Crippen molar-refractivity contribution in [2.75, 3.05) is 0 Å². The molecule has 0 spiro atoms. The van der Waals surface area contributed by atoms with Gasteiger partial charge in [-0.25, -0.2) is 22.4 Å². The maximum absolute atomic E-state index is 13.6. The maximum Gasteiger partial charge on any atom is 0.519 e. The van der Waals surface area contributed by atoms with Crippen molar-refractivity contribution in [1.82, 2.24) is 0 Å². The van der Waals surface area contributed by atoms with Crippen molar-refractivity contribution in [3.8, 4) is 11.5 Å². The van der Waals surface area contributed by atoms with E-state index in [0.29, 0.717) is 0 Å². The Morgan fingerprint density at radius 3 is 1.29 bits per heavy atom. The standard InChI is InChI=1S/C15H8Br2F4O3/c16-5-9-11(18)1-7(2-12(9)19)23-15(22)24-8-3-13(20)10(6-17)14(21)4-8/h1-4H,5-6H2. The predicted molar refractivity (Wildman–Crippen MR) is 84.6 cm³/mol. The van der Waals surface area contributed by atoms with Crippen molar-refractivity contribution in [1.29, 1.82) is 0 Å². The Kier molecular flexibility index (Phi) is 6.22. The summed E-state index contributed by atoms with van der Waals surface area (Å²) in [5.41, 5.74) is -0.463. The number of alkyl halides is 2. The maximum atomic E-state index is 13.6. The molecule has 0 radical (unpaired) electrons. The molecule has 0 aliphatic rings. The van der Waals surface area contributed by atoms with E-state index in [1.54, 1.807) is 0 Å². The fourth-order valence-corrected chi connectivity index (χ4v) is 2.82. The number of ether oxygens (including phenoxy) is 2. The second-order valence-electron chi connectivity index (χ2n) is 4.45. The number of hydrogen-bond donors (Lipinski definition) is 0. The van der Waals surface area contributed by atoms with E-state index in [1.165, 1.54) is 0 Å². The Morgan fingerprint density at radius 1 is 0.750 bits per heavy atom. The summed E-state index contributed by atoms with van der Waals surface area (Å²) < 4.78 is 63.5. The van der Waals surface area contributed by atoms with E-state index < -0.39 is 40.9 Å². The van der Waals surface area contributed by atoms with E-state index in [4.69, 9.17) is 0 Å². The Morgan fingerprint density at radius 2 is 1.04 bits per heavy atom. The number of benzene rings is 2. The quantitative estimate of drug-likeness (QED) is 0.251. The molecule has 0 saturated carbocycles. The average Bonchev–Trinajstić information content (AvgIpc) is 2.46. The molecule has 2 aromatic carbocycles. The van der Waals surface area contributed by atoms with Crippen LogP contribution in [-0.2, 0) is 10.7 Å². The highest BCUT2D eigenvalue weighted by atomic mass is 79.9. The molecule has 0 amide bonds. The first-order valence-electron chi connectivity index (χ1n) is 6.33. The third-order valence-electron chi connectivity index (χ3n) is 2.90. The van der Waals surface area contributed by atoms with Crippen LogP contribution in [0, 0.1) is 23.3 Å². The molecule has 0 atom stereocenters. The van der Waals surface area contributed by atoms with Gasteiger partial charge >= 0.3 is 6.16 Å². The molecule has 0 aliphatic carbocycles. The number of carbonyl (C=O) groups excluding carboxylic acids is 1. The lowest BCUT2D eigenvalue weighted by Gasteiger charge is -2.09. The van der Waals surface area contributed by atoms with Gasteiger partial charge in [-0.1, -0.05) is 31.9 Å². The number of carbonyl (C=O) groups is 1. The topological polar surface area (TPSA) is 35.5 Å². The van der Waals surface area contributed by atoms with E-state index in [1.807, 2.05) is 0 Å². The van der Waals surface area contributed by atoms with Gasteiger partial charge < -0.3 is 9.47 Å². The van der Waals surface area contributed by atoms with Gasteiger partial charge in [-0.3, -0.25) is 0 Å². The Hall–Kier alpha value is -1.61. The molecule has 24 heavy (non-hydrogen) atoms. The Bertz CT molecular complexity index is 674. The lowest BCUT2D eigenvalue weighted by atomic mass is 10.2. The molecule has 2 rings (SSSR count). The van der Waals surface area contributed by atoms with Crippen LogP contribution in [0.15, 0.2) is 24.3 Å². The van der Waals surface area contributed by atoms with Gasteiger partial charge in [-0.2, -0.15) is 0 Å². The third-order valence-corrected chi connectivity index (χ3v) is 4.02. The summed E-state index contributed by atoms with van der Waals surface area (Å²) in [6.45, 7) is 0. The molecular weight excluding hydrogens is 464 g/mol. The molecule has 0 fully saturated rings. The first-order chi connectivity index (χ1) is 11.3. The normalized spacial score (nSPS) is 10.6. The van der Waals surface area contributed by atoms with Crippen molar-refractivity contribution < 1.29 is 31.8 Å². The predicted octanol–water partition coefficient (Wildman–Crippen LogP) is 5.61. The van der Waals surface area contributed by atoms with Crippen LogP contribution in [0.1, 0.15) is 11.1 Å². The third kappa shape index (κ3) is 4.27. The molecule has 0 N–H and O–H groups in total. The summed E-state index contributed by atoms with van der Waals surface area (Å²) in [7, 11) is 0. The molecule has 3 nitrogen and oxygen atoms in total. The van der Waals surface area contributed by atoms with Crippen LogP contribution in [0.4, 0.5) is 22.4 Å². The molecule has 128 valence electrons. The molecule has 0 unspecified atom stereocenters. The van der Waals surface area contributed by atoms with E-state index in [-0.39, 0.29) is 21.8 Å². The molecule has 2 aromatic rings. The van der Waals surface area contributed by atoms with Crippen molar-refractivity contribution in [3.63, 3.8) is 0 Å². The minimum absolute atomic E-state index is 0.0616. The van der Waals surface area contributed by atoms with Crippen LogP contribution < -0.4 is 9.47 Å². The minimum Gasteiger partial charge on any atom is -0.394 e. The highest BCUT2D eigenvalue weighted by Crippen LogP contribution is 2.25. The molecule has 0 aromatic heterocycles. The van der Waals surface area contributed by atoms with Crippen molar-refractivity contribution in [2.24, 2.45) is 0 Å². The average molecular weight is 472 g/mol. The summed E-state index contributed by atoms with van der Waals surface area (Å²) in [6.07, 6.45) is -1.40.